The van der Waals surface area contributed by atoms with Gasteiger partial charge in [-0.15, -0.1) is 0 Å². The molecule has 2 amide bonds. The Morgan fingerprint density at radius 2 is 1.79 bits per heavy atom. The summed E-state index contributed by atoms with van der Waals surface area (Å²) in [5, 5.41) is 21.2. The van der Waals surface area contributed by atoms with E-state index in [4.69, 9.17) is 15.0 Å². The van der Waals surface area contributed by atoms with Gasteiger partial charge < -0.3 is 25.8 Å². The molecule has 3 aromatic rings. The maximum absolute atomic E-state index is 12.0. The fraction of sp³-hybridized carbons (Fsp3) is 0.160. The second-order valence-corrected chi connectivity index (χ2v) is 7.90. The highest BCUT2D eigenvalue weighted by Crippen LogP contribution is 2.27. The summed E-state index contributed by atoms with van der Waals surface area (Å²) in [6.45, 7) is 0.887. The van der Waals surface area contributed by atoms with E-state index in [1.165, 1.54) is 0 Å². The van der Waals surface area contributed by atoms with Gasteiger partial charge in [0, 0.05) is 60.4 Å². The van der Waals surface area contributed by atoms with E-state index >= 15 is 0 Å². The summed E-state index contributed by atoms with van der Waals surface area (Å²) in [5.41, 5.74) is 5.89. The van der Waals surface area contributed by atoms with Crippen molar-refractivity contribution in [3.63, 3.8) is 0 Å². The highest BCUT2D eigenvalue weighted by atomic mass is 19.4. The van der Waals surface area contributed by atoms with Crippen molar-refractivity contribution in [3.05, 3.63) is 77.6 Å². The number of carbonyl (C=O) groups excluding carboxylic acids is 2. The molecule has 0 saturated heterocycles. The van der Waals surface area contributed by atoms with Crippen LogP contribution in [-0.4, -0.2) is 56.7 Å². The topological polar surface area (TPSA) is 161 Å². The van der Waals surface area contributed by atoms with Gasteiger partial charge in [0.15, 0.2) is 0 Å². The van der Waals surface area contributed by atoms with Crippen molar-refractivity contribution >= 4 is 23.8 Å². The van der Waals surface area contributed by atoms with Gasteiger partial charge in [0.05, 0.1) is 11.3 Å². The van der Waals surface area contributed by atoms with Gasteiger partial charge in [-0.1, -0.05) is 18.2 Å². The summed E-state index contributed by atoms with van der Waals surface area (Å²) < 4.78 is 31.7. The molecule has 0 spiro atoms. The number of aromatic nitrogens is 2. The number of benzene rings is 1. The zero-order valence-corrected chi connectivity index (χ0v) is 19.5. The zero-order valence-electron chi connectivity index (χ0n) is 19.5. The number of aromatic amines is 1. The third-order valence-corrected chi connectivity index (χ3v) is 5.18. The Morgan fingerprint density at radius 3 is 2.45 bits per heavy atom. The number of carbonyl (C=O) groups is 4. The minimum Gasteiger partial charge on any atom is -0.478 e. The number of rotatable bonds is 6. The van der Waals surface area contributed by atoms with E-state index in [2.05, 4.69) is 20.6 Å². The normalized spacial score (nSPS) is 12.7. The summed E-state index contributed by atoms with van der Waals surface area (Å²) in [6.07, 6.45) is -0.819. The highest BCUT2D eigenvalue weighted by molar-refractivity contribution is 5.98. The number of aliphatic carboxylic acids is 2. The van der Waals surface area contributed by atoms with Crippen LogP contribution in [0.4, 0.5) is 13.2 Å². The lowest BCUT2D eigenvalue weighted by Crippen LogP contribution is -2.31. The van der Waals surface area contributed by atoms with Gasteiger partial charge >= 0.3 is 18.1 Å². The van der Waals surface area contributed by atoms with E-state index in [9.17, 15) is 27.6 Å². The van der Waals surface area contributed by atoms with Crippen molar-refractivity contribution in [3.8, 4) is 22.5 Å². The van der Waals surface area contributed by atoms with E-state index < -0.39 is 24.0 Å². The van der Waals surface area contributed by atoms with Gasteiger partial charge in [-0.25, -0.2) is 9.59 Å². The van der Waals surface area contributed by atoms with Crippen LogP contribution < -0.4 is 10.6 Å². The highest BCUT2D eigenvalue weighted by Gasteiger charge is 2.38. The lowest BCUT2D eigenvalue weighted by Gasteiger charge is -2.11. The Morgan fingerprint density at radius 1 is 1.05 bits per heavy atom. The molecule has 5 N–H and O–H groups in total. The van der Waals surface area contributed by atoms with Gasteiger partial charge in [-0.05, 0) is 29.8 Å². The second-order valence-electron chi connectivity index (χ2n) is 7.90. The number of carboxylic acids is 2. The molecule has 10 nitrogen and oxygen atoms in total. The average Bonchev–Trinajstić information content (AvgIpc) is 3.32. The van der Waals surface area contributed by atoms with Crippen molar-refractivity contribution in [2.75, 3.05) is 6.54 Å². The van der Waals surface area contributed by atoms with Crippen LogP contribution in [0.2, 0.25) is 0 Å². The van der Waals surface area contributed by atoms with Gasteiger partial charge in [0.25, 0.3) is 5.91 Å². The number of nitrogens with zero attached hydrogens (tertiary/aromatic N) is 1. The van der Waals surface area contributed by atoms with Crippen molar-refractivity contribution in [2.45, 2.75) is 19.1 Å². The second kappa shape index (κ2) is 11.9. The number of fused-ring (bicyclic) bond motifs is 1. The number of halogens is 3. The van der Waals surface area contributed by atoms with E-state index in [-0.39, 0.29) is 12.5 Å². The van der Waals surface area contributed by atoms with Crippen molar-refractivity contribution < 1.29 is 42.6 Å². The average molecular weight is 530 g/mol. The molecule has 0 saturated carbocycles. The minimum atomic E-state index is -5.08. The molecule has 2 aromatic heterocycles. The molecule has 1 aliphatic rings. The molecule has 0 unspecified atom stereocenters. The fourth-order valence-electron chi connectivity index (χ4n) is 3.44. The molecule has 13 heteroatoms. The summed E-state index contributed by atoms with van der Waals surface area (Å²) in [6, 6.07) is 13.3. The molecule has 38 heavy (non-hydrogen) atoms. The molecule has 0 atom stereocenters. The van der Waals surface area contributed by atoms with Gasteiger partial charge in [0.2, 0.25) is 5.91 Å². The third-order valence-electron chi connectivity index (χ3n) is 5.18. The first-order valence-corrected chi connectivity index (χ1v) is 11.0. The Labute approximate surface area is 213 Å². The van der Waals surface area contributed by atoms with Crippen LogP contribution >= 0.6 is 0 Å². The van der Waals surface area contributed by atoms with Crippen LogP contribution in [0.3, 0.4) is 0 Å². The number of pyridine rings is 1. The lowest BCUT2D eigenvalue weighted by molar-refractivity contribution is -0.192. The summed E-state index contributed by atoms with van der Waals surface area (Å²) in [5.74, 6) is -4.47. The van der Waals surface area contributed by atoms with Crippen LogP contribution in [0.15, 0.2) is 60.8 Å². The van der Waals surface area contributed by atoms with Crippen LogP contribution in [0.1, 0.15) is 21.6 Å². The maximum atomic E-state index is 12.0. The summed E-state index contributed by atoms with van der Waals surface area (Å²) in [7, 11) is 0. The molecule has 0 radical (unpaired) electrons. The van der Waals surface area contributed by atoms with Gasteiger partial charge in [0.1, 0.15) is 0 Å². The van der Waals surface area contributed by atoms with Crippen LogP contribution in [0, 0.1) is 0 Å². The Bertz CT molecular complexity index is 1400. The summed E-state index contributed by atoms with van der Waals surface area (Å²) in [4.78, 5) is 50.9. The maximum Gasteiger partial charge on any atom is 0.490 e. The standard InChI is InChI=1S/C23H20N4O4.C2HF3O2/c28-21(4-5-22(29)30)26-13-14-2-1-3-15(10-14)19-11-16(6-8-24-19)20-12-17-18(27-20)7-9-25-23(17)31;3-2(4,5)1(6)7/h1-6,8,10-12,27H,7,9,13H2,(H,25,31)(H,26,28)(H,29,30);(H,6,7)/b5-4-;. The number of hydrogen-bond acceptors (Lipinski definition) is 5. The molecule has 0 fully saturated rings. The predicted molar refractivity (Wildman–Crippen MR) is 128 cm³/mol. The van der Waals surface area contributed by atoms with Crippen molar-refractivity contribution in [1.29, 1.82) is 0 Å². The predicted octanol–water partition coefficient (Wildman–Crippen LogP) is 2.92. The molecular formula is C25H21F3N4O6. The molecule has 198 valence electrons. The SMILES string of the molecule is O=C(O)/C=C\C(=O)NCc1cccc(-c2cc(-c3cc4c([nH]3)CCNC4=O)ccn2)c1.O=C(O)C(F)(F)F. The van der Waals surface area contributed by atoms with E-state index in [1.54, 1.807) is 6.20 Å². The Hall–Kier alpha value is -4.94. The first kappa shape index (κ1) is 27.6. The lowest BCUT2D eigenvalue weighted by atomic mass is 10.0. The Balaban J connectivity index is 0.000000505. The molecule has 3 heterocycles. The van der Waals surface area contributed by atoms with Crippen LogP contribution in [-0.2, 0) is 27.3 Å². The van der Waals surface area contributed by atoms with Gasteiger partial charge in [-0.3, -0.25) is 14.6 Å². The number of carboxylic acid groups (broad SMARTS) is 2. The number of amides is 2. The minimum absolute atomic E-state index is 0.0639. The molecule has 1 aromatic carbocycles. The number of H-pyrrole nitrogens is 1. The monoisotopic (exact) mass is 530 g/mol. The van der Waals surface area contributed by atoms with E-state index in [0.29, 0.717) is 12.1 Å². The van der Waals surface area contributed by atoms with E-state index in [1.807, 2.05) is 42.5 Å². The van der Waals surface area contributed by atoms with Crippen molar-refractivity contribution in [2.24, 2.45) is 0 Å². The number of nitrogens with one attached hydrogen (secondary N) is 3. The first-order chi connectivity index (χ1) is 17.9. The molecule has 4 rings (SSSR count). The smallest absolute Gasteiger partial charge is 0.478 e. The quantitative estimate of drug-likeness (QED) is 0.306. The Kier molecular flexibility index (Phi) is 8.63. The van der Waals surface area contributed by atoms with Crippen LogP contribution in [0.5, 0.6) is 0 Å². The molecule has 0 aliphatic carbocycles. The number of hydrogen-bond donors (Lipinski definition) is 5. The zero-order chi connectivity index (χ0) is 27.9. The molecule has 1 aliphatic heterocycles. The summed E-state index contributed by atoms with van der Waals surface area (Å²) >= 11 is 0. The van der Waals surface area contributed by atoms with Gasteiger partial charge in [-0.2, -0.15) is 13.2 Å². The van der Waals surface area contributed by atoms with Crippen LogP contribution in [0.25, 0.3) is 22.5 Å². The van der Waals surface area contributed by atoms with E-state index in [0.717, 1.165) is 52.3 Å². The largest absolute Gasteiger partial charge is 0.490 e. The molecular weight excluding hydrogens is 509 g/mol. The van der Waals surface area contributed by atoms with Crippen molar-refractivity contribution in [1.82, 2.24) is 20.6 Å². The first-order valence-electron chi connectivity index (χ1n) is 11.0. The number of alkyl halides is 3. The third kappa shape index (κ3) is 7.53. The fourth-order valence-corrected chi connectivity index (χ4v) is 3.44. The molecule has 0 bridgehead atoms.